The molecule has 0 bridgehead atoms. The Bertz CT molecular complexity index is 1170. The Hall–Kier alpha value is -3.12. The summed E-state index contributed by atoms with van der Waals surface area (Å²) in [6, 6.07) is 20.0. The molecule has 6 heteroatoms. The Morgan fingerprint density at radius 2 is 1.57 bits per heavy atom. The van der Waals surface area contributed by atoms with Gasteiger partial charge in [0.15, 0.2) is 0 Å². The van der Waals surface area contributed by atoms with E-state index in [9.17, 15) is 13.2 Å². The van der Waals surface area contributed by atoms with Crippen LogP contribution < -0.4 is 4.72 Å². The molecule has 3 aromatic carbocycles. The van der Waals surface area contributed by atoms with Gasteiger partial charge in [0.25, 0.3) is 15.9 Å². The molecule has 0 aliphatic rings. The van der Waals surface area contributed by atoms with Gasteiger partial charge in [0, 0.05) is 19.2 Å². The Morgan fingerprint density at radius 1 is 0.900 bits per heavy atom. The standard InChI is InChI=1S/C24H26N2O3S/c1-17-10-11-18(2)22(14-17)25-30(28,29)23-15-21(13-12-19(23)3)24(27)26(4)16-20-8-6-5-7-9-20/h5-15,25H,16H2,1-4H3. The van der Waals surface area contributed by atoms with Gasteiger partial charge in [0.2, 0.25) is 0 Å². The number of carbonyl (C=O) groups is 1. The second-order valence-corrected chi connectivity index (χ2v) is 9.20. The number of nitrogens with one attached hydrogen (secondary N) is 1. The van der Waals surface area contributed by atoms with E-state index in [1.54, 1.807) is 37.1 Å². The van der Waals surface area contributed by atoms with Crippen LogP contribution in [0.5, 0.6) is 0 Å². The van der Waals surface area contributed by atoms with Crippen LogP contribution in [0.25, 0.3) is 0 Å². The van der Waals surface area contributed by atoms with Crippen LogP contribution in [0.1, 0.15) is 32.6 Å². The fourth-order valence-corrected chi connectivity index (χ4v) is 4.61. The number of benzene rings is 3. The van der Waals surface area contributed by atoms with Gasteiger partial charge in [0.05, 0.1) is 10.6 Å². The van der Waals surface area contributed by atoms with Crippen LogP contribution >= 0.6 is 0 Å². The highest BCUT2D eigenvalue weighted by Gasteiger charge is 2.21. The molecule has 0 spiro atoms. The second kappa shape index (κ2) is 8.71. The molecule has 0 heterocycles. The molecule has 5 nitrogen and oxygen atoms in total. The van der Waals surface area contributed by atoms with Crippen LogP contribution in [-0.2, 0) is 16.6 Å². The molecule has 30 heavy (non-hydrogen) atoms. The summed E-state index contributed by atoms with van der Waals surface area (Å²) in [5.74, 6) is -0.234. The molecular weight excluding hydrogens is 396 g/mol. The number of rotatable bonds is 6. The number of hydrogen-bond donors (Lipinski definition) is 1. The predicted octanol–water partition coefficient (Wildman–Crippen LogP) is 4.68. The van der Waals surface area contributed by atoms with Crippen LogP contribution in [0.4, 0.5) is 5.69 Å². The van der Waals surface area contributed by atoms with Gasteiger partial charge in [0.1, 0.15) is 0 Å². The maximum Gasteiger partial charge on any atom is 0.262 e. The SMILES string of the molecule is Cc1ccc(C)c(NS(=O)(=O)c2cc(C(=O)N(C)Cc3ccccc3)ccc2C)c1. The van der Waals surface area contributed by atoms with Gasteiger partial charge in [-0.3, -0.25) is 9.52 Å². The highest BCUT2D eigenvalue weighted by atomic mass is 32.2. The Labute approximate surface area is 178 Å². The average Bonchev–Trinajstić information content (AvgIpc) is 2.71. The summed E-state index contributed by atoms with van der Waals surface area (Å²) in [7, 11) is -2.14. The quantitative estimate of drug-likeness (QED) is 0.627. The van der Waals surface area contributed by atoms with Crippen LogP contribution in [0, 0.1) is 20.8 Å². The molecular formula is C24H26N2O3S. The number of aryl methyl sites for hydroxylation is 3. The minimum Gasteiger partial charge on any atom is -0.337 e. The highest BCUT2D eigenvalue weighted by Crippen LogP contribution is 2.24. The Morgan fingerprint density at radius 3 is 2.27 bits per heavy atom. The van der Waals surface area contributed by atoms with E-state index in [2.05, 4.69) is 4.72 Å². The molecule has 0 fully saturated rings. The number of amides is 1. The first kappa shape index (κ1) is 21.6. The van der Waals surface area contributed by atoms with Crippen LogP contribution in [0.3, 0.4) is 0 Å². The van der Waals surface area contributed by atoms with Crippen molar-refractivity contribution in [3.05, 3.63) is 94.5 Å². The maximum atomic E-state index is 13.1. The summed E-state index contributed by atoms with van der Waals surface area (Å²) >= 11 is 0. The lowest BCUT2D eigenvalue weighted by Gasteiger charge is -2.19. The van der Waals surface area contributed by atoms with E-state index in [-0.39, 0.29) is 10.8 Å². The zero-order chi connectivity index (χ0) is 21.9. The fraction of sp³-hybridized carbons (Fsp3) is 0.208. The van der Waals surface area contributed by atoms with E-state index in [0.29, 0.717) is 23.4 Å². The molecule has 0 radical (unpaired) electrons. The number of hydrogen-bond acceptors (Lipinski definition) is 3. The van der Waals surface area contributed by atoms with Gasteiger partial charge in [-0.25, -0.2) is 8.42 Å². The van der Waals surface area contributed by atoms with Gasteiger partial charge in [-0.2, -0.15) is 0 Å². The number of anilines is 1. The summed E-state index contributed by atoms with van der Waals surface area (Å²) < 4.78 is 28.8. The van der Waals surface area contributed by atoms with Crippen molar-refractivity contribution in [2.45, 2.75) is 32.2 Å². The van der Waals surface area contributed by atoms with Crippen LogP contribution in [0.15, 0.2) is 71.6 Å². The van der Waals surface area contributed by atoms with Gasteiger partial charge in [-0.15, -0.1) is 0 Å². The molecule has 0 atom stereocenters. The van der Waals surface area contributed by atoms with Gasteiger partial charge < -0.3 is 4.90 Å². The predicted molar refractivity (Wildman–Crippen MR) is 120 cm³/mol. The van der Waals surface area contributed by atoms with E-state index in [4.69, 9.17) is 0 Å². The van der Waals surface area contributed by atoms with Crippen LogP contribution in [-0.4, -0.2) is 26.3 Å². The first-order chi connectivity index (χ1) is 14.2. The topological polar surface area (TPSA) is 66.5 Å². The van der Waals surface area contributed by atoms with Gasteiger partial charge in [-0.1, -0.05) is 48.5 Å². The third-order valence-corrected chi connectivity index (χ3v) is 6.48. The molecule has 3 aromatic rings. The number of nitrogens with zero attached hydrogens (tertiary/aromatic N) is 1. The Balaban J connectivity index is 1.88. The first-order valence-electron chi connectivity index (χ1n) is 9.67. The molecule has 0 aliphatic carbocycles. The van der Waals surface area contributed by atoms with E-state index in [1.807, 2.05) is 56.3 Å². The fourth-order valence-electron chi connectivity index (χ4n) is 3.22. The first-order valence-corrected chi connectivity index (χ1v) is 11.2. The molecule has 156 valence electrons. The smallest absolute Gasteiger partial charge is 0.262 e. The van der Waals surface area contributed by atoms with Crippen molar-refractivity contribution in [3.8, 4) is 0 Å². The highest BCUT2D eigenvalue weighted by molar-refractivity contribution is 7.92. The number of sulfonamides is 1. The number of carbonyl (C=O) groups excluding carboxylic acids is 1. The molecule has 3 rings (SSSR count). The molecule has 0 saturated heterocycles. The zero-order valence-corrected chi connectivity index (χ0v) is 18.5. The normalized spacial score (nSPS) is 11.2. The van der Waals surface area contributed by atoms with E-state index >= 15 is 0 Å². The molecule has 1 N–H and O–H groups in total. The minimum atomic E-state index is -3.84. The van der Waals surface area contributed by atoms with Crippen molar-refractivity contribution in [1.29, 1.82) is 0 Å². The second-order valence-electron chi connectivity index (χ2n) is 7.55. The monoisotopic (exact) mass is 422 g/mol. The molecule has 0 aliphatic heterocycles. The largest absolute Gasteiger partial charge is 0.337 e. The van der Waals surface area contributed by atoms with Gasteiger partial charge in [-0.05, 0) is 61.2 Å². The van der Waals surface area contributed by atoms with Gasteiger partial charge >= 0.3 is 0 Å². The van der Waals surface area contributed by atoms with Crippen molar-refractivity contribution in [2.24, 2.45) is 0 Å². The van der Waals surface area contributed by atoms with E-state index in [0.717, 1.165) is 16.7 Å². The lowest BCUT2D eigenvalue weighted by atomic mass is 10.1. The molecule has 1 amide bonds. The third-order valence-electron chi connectivity index (χ3n) is 4.97. The zero-order valence-electron chi connectivity index (χ0n) is 17.6. The summed E-state index contributed by atoms with van der Waals surface area (Å²) in [4.78, 5) is 14.6. The summed E-state index contributed by atoms with van der Waals surface area (Å²) in [6.07, 6.45) is 0. The summed E-state index contributed by atoms with van der Waals surface area (Å²) in [5.41, 5.74) is 4.24. The van der Waals surface area contributed by atoms with Crippen molar-refractivity contribution < 1.29 is 13.2 Å². The molecule has 0 aromatic heterocycles. The lowest BCUT2D eigenvalue weighted by Crippen LogP contribution is -2.26. The summed E-state index contributed by atoms with van der Waals surface area (Å²) in [6.45, 7) is 5.92. The van der Waals surface area contributed by atoms with Crippen molar-refractivity contribution in [2.75, 3.05) is 11.8 Å². The average molecular weight is 423 g/mol. The lowest BCUT2D eigenvalue weighted by molar-refractivity contribution is 0.0785. The van der Waals surface area contributed by atoms with E-state index in [1.165, 1.54) is 6.07 Å². The van der Waals surface area contributed by atoms with Crippen molar-refractivity contribution in [3.63, 3.8) is 0 Å². The van der Waals surface area contributed by atoms with Crippen molar-refractivity contribution >= 4 is 21.6 Å². The Kier molecular flexibility index (Phi) is 6.27. The van der Waals surface area contributed by atoms with Crippen LogP contribution in [0.2, 0.25) is 0 Å². The minimum absolute atomic E-state index is 0.0994. The molecule has 0 saturated carbocycles. The van der Waals surface area contributed by atoms with E-state index < -0.39 is 10.0 Å². The molecule has 0 unspecified atom stereocenters. The summed E-state index contributed by atoms with van der Waals surface area (Å²) in [5, 5.41) is 0. The third kappa shape index (κ3) is 4.89. The maximum absolute atomic E-state index is 13.1. The van der Waals surface area contributed by atoms with Crippen molar-refractivity contribution in [1.82, 2.24) is 4.90 Å².